The Bertz CT molecular complexity index is 340. The van der Waals surface area contributed by atoms with Crippen LogP contribution in [0.2, 0.25) is 0 Å². The Morgan fingerprint density at radius 2 is 2.00 bits per heavy atom. The zero-order valence-corrected chi connectivity index (χ0v) is 11.5. The molecule has 0 aromatic carbocycles. The molecule has 0 bridgehead atoms. The van der Waals surface area contributed by atoms with Crippen LogP contribution in [0.25, 0.3) is 0 Å². The summed E-state index contributed by atoms with van der Waals surface area (Å²) in [6, 6.07) is -0.768. The van der Waals surface area contributed by atoms with Gasteiger partial charge in [-0.15, -0.1) is 0 Å². The predicted molar refractivity (Wildman–Crippen MR) is 71.0 cm³/mol. The molecule has 6 nitrogen and oxygen atoms in total. The molecule has 108 valence electrons. The summed E-state index contributed by atoms with van der Waals surface area (Å²) in [4.78, 5) is 27.2. The van der Waals surface area contributed by atoms with Crippen molar-refractivity contribution >= 4 is 12.0 Å². The number of rotatable bonds is 1. The maximum atomic E-state index is 12.5. The minimum atomic E-state index is -0.882. The maximum Gasteiger partial charge on any atom is 0.326 e. The van der Waals surface area contributed by atoms with Gasteiger partial charge in [0.15, 0.2) is 0 Å². The SMILES string of the molecule is CC1CCN(C(=O)N2CCCNCC2)C(C(=O)O)C1. The number of carboxylic acids is 1. The van der Waals surface area contributed by atoms with Gasteiger partial charge in [-0.25, -0.2) is 9.59 Å². The lowest BCUT2D eigenvalue weighted by Crippen LogP contribution is -2.54. The Morgan fingerprint density at radius 1 is 1.21 bits per heavy atom. The third-order valence-electron chi connectivity index (χ3n) is 4.01. The third-order valence-corrected chi connectivity index (χ3v) is 4.01. The number of hydrogen-bond acceptors (Lipinski definition) is 3. The van der Waals surface area contributed by atoms with Crippen molar-refractivity contribution < 1.29 is 14.7 Å². The molecule has 2 atom stereocenters. The molecule has 2 rings (SSSR count). The molecule has 2 fully saturated rings. The molecule has 0 aromatic heterocycles. The largest absolute Gasteiger partial charge is 0.480 e. The molecule has 2 unspecified atom stereocenters. The van der Waals surface area contributed by atoms with Gasteiger partial charge in [0.25, 0.3) is 0 Å². The van der Waals surface area contributed by atoms with Crippen molar-refractivity contribution in [3.63, 3.8) is 0 Å². The number of nitrogens with zero attached hydrogens (tertiary/aromatic N) is 2. The quantitative estimate of drug-likeness (QED) is 0.730. The second-order valence-electron chi connectivity index (χ2n) is 5.55. The highest BCUT2D eigenvalue weighted by molar-refractivity contribution is 5.83. The molecule has 2 aliphatic heterocycles. The van der Waals surface area contributed by atoms with Crippen LogP contribution in [0.1, 0.15) is 26.2 Å². The second kappa shape index (κ2) is 6.23. The van der Waals surface area contributed by atoms with Gasteiger partial charge in [0, 0.05) is 26.2 Å². The molecule has 2 heterocycles. The molecule has 2 saturated heterocycles. The Hall–Kier alpha value is -1.30. The van der Waals surface area contributed by atoms with Crippen LogP contribution < -0.4 is 5.32 Å². The minimum Gasteiger partial charge on any atom is -0.480 e. The zero-order valence-electron chi connectivity index (χ0n) is 11.5. The Balaban J connectivity index is 2.04. The van der Waals surface area contributed by atoms with Crippen molar-refractivity contribution in [1.29, 1.82) is 0 Å². The summed E-state index contributed by atoms with van der Waals surface area (Å²) >= 11 is 0. The Kier molecular flexibility index (Phi) is 4.63. The van der Waals surface area contributed by atoms with Gasteiger partial charge in [-0.1, -0.05) is 6.92 Å². The number of urea groups is 1. The lowest BCUT2D eigenvalue weighted by molar-refractivity contribution is -0.144. The van der Waals surface area contributed by atoms with E-state index in [9.17, 15) is 14.7 Å². The van der Waals surface area contributed by atoms with Gasteiger partial charge in [-0.2, -0.15) is 0 Å². The topological polar surface area (TPSA) is 72.9 Å². The first-order valence-electron chi connectivity index (χ1n) is 7.08. The van der Waals surface area contributed by atoms with Gasteiger partial charge in [0.2, 0.25) is 0 Å². The highest BCUT2D eigenvalue weighted by atomic mass is 16.4. The molecule has 0 aromatic rings. The molecule has 19 heavy (non-hydrogen) atoms. The van der Waals surface area contributed by atoms with Gasteiger partial charge < -0.3 is 20.2 Å². The number of carbonyl (C=O) groups excluding carboxylic acids is 1. The first-order chi connectivity index (χ1) is 9.09. The average molecular weight is 269 g/mol. The Labute approximate surface area is 113 Å². The summed E-state index contributed by atoms with van der Waals surface area (Å²) in [5.41, 5.74) is 0. The van der Waals surface area contributed by atoms with Gasteiger partial charge >= 0.3 is 12.0 Å². The summed E-state index contributed by atoms with van der Waals surface area (Å²) in [5, 5.41) is 12.6. The summed E-state index contributed by atoms with van der Waals surface area (Å²) in [5.74, 6) is -0.510. The van der Waals surface area contributed by atoms with Crippen LogP contribution in [-0.4, -0.2) is 65.7 Å². The normalized spacial score (nSPS) is 28.9. The number of carbonyl (C=O) groups is 2. The first kappa shape index (κ1) is 14.1. The number of likely N-dealkylation sites (tertiary alicyclic amines) is 1. The van der Waals surface area contributed by atoms with Crippen LogP contribution in [0.5, 0.6) is 0 Å². The van der Waals surface area contributed by atoms with Crippen molar-refractivity contribution in [1.82, 2.24) is 15.1 Å². The molecule has 0 saturated carbocycles. The molecular weight excluding hydrogens is 246 g/mol. The van der Waals surface area contributed by atoms with Gasteiger partial charge in [0.1, 0.15) is 6.04 Å². The minimum absolute atomic E-state index is 0.108. The number of piperidine rings is 1. The fourth-order valence-corrected chi connectivity index (χ4v) is 2.82. The van der Waals surface area contributed by atoms with Crippen LogP contribution >= 0.6 is 0 Å². The highest BCUT2D eigenvalue weighted by Crippen LogP contribution is 2.24. The van der Waals surface area contributed by atoms with Crippen LogP contribution in [-0.2, 0) is 4.79 Å². The van der Waals surface area contributed by atoms with E-state index in [1.807, 2.05) is 6.92 Å². The maximum absolute atomic E-state index is 12.5. The summed E-state index contributed by atoms with van der Waals surface area (Å²) in [7, 11) is 0. The number of aliphatic carboxylic acids is 1. The fraction of sp³-hybridized carbons (Fsp3) is 0.846. The van der Waals surface area contributed by atoms with E-state index in [1.54, 1.807) is 9.80 Å². The highest BCUT2D eigenvalue weighted by Gasteiger charge is 2.36. The van der Waals surface area contributed by atoms with Crippen molar-refractivity contribution in [3.8, 4) is 0 Å². The van der Waals surface area contributed by atoms with Crippen molar-refractivity contribution in [3.05, 3.63) is 0 Å². The third kappa shape index (κ3) is 3.37. The monoisotopic (exact) mass is 269 g/mol. The van der Waals surface area contributed by atoms with Gasteiger partial charge in [-0.05, 0) is 31.7 Å². The van der Waals surface area contributed by atoms with Crippen LogP contribution in [0.3, 0.4) is 0 Å². The van der Waals surface area contributed by atoms with Crippen LogP contribution in [0, 0.1) is 5.92 Å². The van der Waals surface area contributed by atoms with E-state index >= 15 is 0 Å². The van der Waals surface area contributed by atoms with Crippen molar-refractivity contribution in [2.75, 3.05) is 32.7 Å². The van der Waals surface area contributed by atoms with E-state index in [1.165, 1.54) is 0 Å². The summed E-state index contributed by atoms with van der Waals surface area (Å²) in [6.07, 6.45) is 2.38. The summed E-state index contributed by atoms with van der Waals surface area (Å²) < 4.78 is 0. The van der Waals surface area contributed by atoms with Crippen LogP contribution in [0.15, 0.2) is 0 Å². The molecule has 2 amide bonds. The lowest BCUT2D eigenvalue weighted by Gasteiger charge is -2.38. The van der Waals surface area contributed by atoms with E-state index in [0.717, 1.165) is 25.9 Å². The molecule has 0 radical (unpaired) electrons. The second-order valence-corrected chi connectivity index (χ2v) is 5.55. The molecule has 6 heteroatoms. The van der Waals surface area contributed by atoms with Gasteiger partial charge in [-0.3, -0.25) is 0 Å². The lowest BCUT2D eigenvalue weighted by atomic mass is 9.92. The number of amides is 2. The van der Waals surface area contributed by atoms with Crippen molar-refractivity contribution in [2.24, 2.45) is 5.92 Å². The molecule has 2 aliphatic rings. The number of hydrogen-bond donors (Lipinski definition) is 2. The number of carboxylic acid groups (broad SMARTS) is 1. The molecular formula is C13H23N3O3. The standard InChI is InChI=1S/C13H23N3O3/c1-10-3-7-16(11(9-10)12(17)18)13(19)15-6-2-4-14-5-8-15/h10-11,14H,2-9H2,1H3,(H,17,18). The molecule has 0 spiro atoms. The molecule has 2 N–H and O–H groups in total. The van der Waals surface area contributed by atoms with E-state index in [0.29, 0.717) is 32.0 Å². The smallest absolute Gasteiger partial charge is 0.326 e. The predicted octanol–water partition coefficient (Wildman–Crippen LogP) is 0.587. The average Bonchev–Trinajstić information content (AvgIpc) is 2.66. The van der Waals surface area contributed by atoms with Gasteiger partial charge in [0.05, 0.1) is 0 Å². The van der Waals surface area contributed by atoms with Crippen LogP contribution in [0.4, 0.5) is 4.79 Å². The number of nitrogens with one attached hydrogen (secondary N) is 1. The summed E-state index contributed by atoms with van der Waals surface area (Å²) in [6.45, 7) is 5.69. The molecule has 0 aliphatic carbocycles. The van der Waals surface area contributed by atoms with E-state index in [4.69, 9.17) is 0 Å². The fourth-order valence-electron chi connectivity index (χ4n) is 2.82. The Morgan fingerprint density at radius 3 is 2.74 bits per heavy atom. The van der Waals surface area contributed by atoms with E-state index in [-0.39, 0.29) is 6.03 Å². The van der Waals surface area contributed by atoms with E-state index in [2.05, 4.69) is 5.32 Å². The zero-order chi connectivity index (χ0) is 13.8. The first-order valence-corrected chi connectivity index (χ1v) is 7.08. The van der Waals surface area contributed by atoms with E-state index < -0.39 is 12.0 Å². The van der Waals surface area contributed by atoms with Crippen molar-refractivity contribution in [2.45, 2.75) is 32.2 Å².